The number of hydrogen-bond donors (Lipinski definition) is 3. The largest absolute Gasteiger partial charge is 0.397 e. The fraction of sp³-hybridized carbons (Fsp3) is 0.364. The summed E-state index contributed by atoms with van der Waals surface area (Å²) >= 11 is 0. The second-order valence-electron chi connectivity index (χ2n) is 3.94. The van der Waals surface area contributed by atoms with Crippen LogP contribution in [-0.2, 0) is 0 Å². The van der Waals surface area contributed by atoms with E-state index < -0.39 is 5.91 Å². The van der Waals surface area contributed by atoms with Crippen molar-refractivity contribution in [2.75, 3.05) is 17.6 Å². The van der Waals surface area contributed by atoms with E-state index in [1.165, 1.54) is 0 Å². The molecule has 1 aromatic rings. The number of nitrogen functional groups attached to an aromatic ring is 1. The summed E-state index contributed by atoms with van der Waals surface area (Å²) in [4.78, 5) is 10.9. The van der Waals surface area contributed by atoms with Crippen LogP contribution in [0.2, 0.25) is 0 Å². The first-order valence-corrected chi connectivity index (χ1v) is 4.94. The summed E-state index contributed by atoms with van der Waals surface area (Å²) in [5.41, 5.74) is 12.7. The van der Waals surface area contributed by atoms with Crippen molar-refractivity contribution in [3.63, 3.8) is 0 Å². The highest BCUT2D eigenvalue weighted by Gasteiger charge is 2.04. The molecular weight excluding hydrogens is 190 g/mol. The van der Waals surface area contributed by atoms with Crippen molar-refractivity contribution in [1.29, 1.82) is 0 Å². The Hall–Kier alpha value is -1.71. The van der Waals surface area contributed by atoms with Crippen LogP contribution < -0.4 is 16.8 Å². The summed E-state index contributed by atoms with van der Waals surface area (Å²) in [6, 6.07) is 5.03. The number of rotatable bonds is 4. The van der Waals surface area contributed by atoms with Crippen molar-refractivity contribution >= 4 is 17.3 Å². The van der Waals surface area contributed by atoms with Crippen LogP contribution in [0.25, 0.3) is 0 Å². The van der Waals surface area contributed by atoms with Crippen molar-refractivity contribution in [3.05, 3.63) is 23.8 Å². The second-order valence-corrected chi connectivity index (χ2v) is 3.94. The lowest BCUT2D eigenvalue weighted by molar-refractivity contribution is 0.100. The summed E-state index contributed by atoms with van der Waals surface area (Å²) in [5, 5.41) is 3.20. The van der Waals surface area contributed by atoms with Crippen LogP contribution in [0.15, 0.2) is 18.2 Å². The normalized spacial score (nSPS) is 10.3. The van der Waals surface area contributed by atoms with E-state index in [0.29, 0.717) is 17.2 Å². The van der Waals surface area contributed by atoms with Crippen LogP contribution in [0, 0.1) is 5.92 Å². The van der Waals surface area contributed by atoms with Gasteiger partial charge in [-0.15, -0.1) is 0 Å². The van der Waals surface area contributed by atoms with Gasteiger partial charge in [0.1, 0.15) is 0 Å². The second kappa shape index (κ2) is 4.68. The third-order valence-electron chi connectivity index (χ3n) is 2.04. The first-order chi connectivity index (χ1) is 7.00. The van der Waals surface area contributed by atoms with E-state index in [0.717, 1.165) is 12.2 Å². The van der Waals surface area contributed by atoms with Crippen LogP contribution >= 0.6 is 0 Å². The molecule has 0 aliphatic heterocycles. The van der Waals surface area contributed by atoms with E-state index in [1.54, 1.807) is 18.2 Å². The highest BCUT2D eigenvalue weighted by atomic mass is 16.1. The molecule has 1 aromatic carbocycles. The van der Waals surface area contributed by atoms with E-state index in [1.807, 2.05) is 0 Å². The van der Waals surface area contributed by atoms with Gasteiger partial charge in [0.25, 0.3) is 0 Å². The minimum atomic E-state index is -0.461. The topological polar surface area (TPSA) is 81.1 Å². The molecule has 0 fully saturated rings. The molecule has 0 spiro atoms. The Morgan fingerprint density at radius 2 is 2.13 bits per heavy atom. The molecule has 4 nitrogen and oxygen atoms in total. The Bertz CT molecular complexity index is 361. The van der Waals surface area contributed by atoms with Gasteiger partial charge in [0, 0.05) is 12.1 Å². The Morgan fingerprint density at radius 1 is 1.47 bits per heavy atom. The number of benzene rings is 1. The van der Waals surface area contributed by atoms with Crippen LogP contribution in [0.4, 0.5) is 11.4 Å². The molecule has 82 valence electrons. The minimum Gasteiger partial charge on any atom is -0.397 e. The van der Waals surface area contributed by atoms with Crippen molar-refractivity contribution < 1.29 is 4.79 Å². The quantitative estimate of drug-likeness (QED) is 0.653. The molecule has 0 unspecified atom stereocenters. The fourth-order valence-electron chi connectivity index (χ4n) is 1.19. The van der Waals surface area contributed by atoms with Gasteiger partial charge in [0.15, 0.2) is 0 Å². The maximum absolute atomic E-state index is 10.9. The fourth-order valence-corrected chi connectivity index (χ4v) is 1.19. The third-order valence-corrected chi connectivity index (χ3v) is 2.04. The molecule has 1 amide bonds. The first-order valence-electron chi connectivity index (χ1n) is 4.94. The summed E-state index contributed by atoms with van der Waals surface area (Å²) in [7, 11) is 0. The molecule has 15 heavy (non-hydrogen) atoms. The van der Waals surface area contributed by atoms with Crippen molar-refractivity contribution in [2.24, 2.45) is 11.7 Å². The molecule has 1 rings (SSSR count). The Labute approximate surface area is 89.6 Å². The molecule has 4 heteroatoms. The van der Waals surface area contributed by atoms with E-state index in [2.05, 4.69) is 19.2 Å². The number of primary amides is 1. The van der Waals surface area contributed by atoms with Gasteiger partial charge in [0.05, 0.1) is 11.4 Å². The highest BCUT2D eigenvalue weighted by Crippen LogP contribution is 2.19. The molecule has 0 saturated carbocycles. The molecule has 5 N–H and O–H groups in total. The summed E-state index contributed by atoms with van der Waals surface area (Å²) in [6.45, 7) is 5.07. The Balaban J connectivity index is 2.79. The van der Waals surface area contributed by atoms with Crippen LogP contribution in [0.3, 0.4) is 0 Å². The zero-order chi connectivity index (χ0) is 11.4. The van der Waals surface area contributed by atoms with Gasteiger partial charge in [-0.1, -0.05) is 13.8 Å². The number of nitrogens with two attached hydrogens (primary N) is 2. The van der Waals surface area contributed by atoms with Gasteiger partial charge >= 0.3 is 0 Å². The summed E-state index contributed by atoms with van der Waals surface area (Å²) in [6.07, 6.45) is 0. The number of hydrogen-bond acceptors (Lipinski definition) is 3. The minimum absolute atomic E-state index is 0.433. The van der Waals surface area contributed by atoms with Gasteiger partial charge in [0.2, 0.25) is 5.91 Å². The van der Waals surface area contributed by atoms with Crippen molar-refractivity contribution in [1.82, 2.24) is 0 Å². The van der Waals surface area contributed by atoms with Gasteiger partial charge < -0.3 is 16.8 Å². The number of amides is 1. The van der Waals surface area contributed by atoms with Crippen molar-refractivity contribution in [3.8, 4) is 0 Å². The number of carbonyl (C=O) groups is 1. The van der Waals surface area contributed by atoms with E-state index in [4.69, 9.17) is 11.5 Å². The van der Waals surface area contributed by atoms with Crippen molar-refractivity contribution in [2.45, 2.75) is 13.8 Å². The number of nitrogens with one attached hydrogen (secondary N) is 1. The maximum Gasteiger partial charge on any atom is 0.248 e. The zero-order valence-electron chi connectivity index (χ0n) is 9.08. The highest BCUT2D eigenvalue weighted by molar-refractivity contribution is 5.94. The molecular formula is C11H17N3O. The average molecular weight is 207 g/mol. The predicted molar refractivity (Wildman–Crippen MR) is 62.7 cm³/mol. The molecule has 0 radical (unpaired) electrons. The number of anilines is 2. The third kappa shape index (κ3) is 3.16. The standard InChI is InChI=1S/C11H17N3O/c1-7(2)6-14-10-4-3-8(11(13)15)5-9(10)12/h3-5,7,14H,6,12H2,1-2H3,(H2,13,15). The lowest BCUT2D eigenvalue weighted by Gasteiger charge is -2.11. The van der Waals surface area contributed by atoms with E-state index in [9.17, 15) is 4.79 Å². The summed E-state index contributed by atoms with van der Waals surface area (Å²) in [5.74, 6) is 0.0809. The van der Waals surface area contributed by atoms with Gasteiger partial charge in [-0.25, -0.2) is 0 Å². The SMILES string of the molecule is CC(C)CNc1ccc(C(N)=O)cc1N. The molecule has 0 aliphatic carbocycles. The lowest BCUT2D eigenvalue weighted by Crippen LogP contribution is -2.13. The van der Waals surface area contributed by atoms with E-state index >= 15 is 0 Å². The van der Waals surface area contributed by atoms with E-state index in [-0.39, 0.29) is 0 Å². The zero-order valence-corrected chi connectivity index (χ0v) is 9.08. The molecule has 0 saturated heterocycles. The Morgan fingerprint density at radius 3 is 2.60 bits per heavy atom. The van der Waals surface area contributed by atoms with Gasteiger partial charge in [-0.05, 0) is 24.1 Å². The first kappa shape index (κ1) is 11.4. The molecule has 0 heterocycles. The average Bonchev–Trinajstić information content (AvgIpc) is 2.15. The lowest BCUT2D eigenvalue weighted by atomic mass is 10.1. The predicted octanol–water partition coefficient (Wildman–Crippen LogP) is 1.44. The van der Waals surface area contributed by atoms with Crippen LogP contribution in [-0.4, -0.2) is 12.5 Å². The van der Waals surface area contributed by atoms with Crippen LogP contribution in [0.5, 0.6) is 0 Å². The monoisotopic (exact) mass is 207 g/mol. The molecule has 0 aromatic heterocycles. The van der Waals surface area contributed by atoms with Gasteiger partial charge in [-0.2, -0.15) is 0 Å². The number of carbonyl (C=O) groups excluding carboxylic acids is 1. The molecule has 0 bridgehead atoms. The molecule has 0 aliphatic rings. The maximum atomic E-state index is 10.9. The molecule has 0 atom stereocenters. The Kier molecular flexibility index (Phi) is 3.55. The smallest absolute Gasteiger partial charge is 0.248 e. The van der Waals surface area contributed by atoms with Gasteiger partial charge in [-0.3, -0.25) is 4.79 Å². The summed E-state index contributed by atoms with van der Waals surface area (Å²) < 4.78 is 0. The van der Waals surface area contributed by atoms with Crippen LogP contribution in [0.1, 0.15) is 24.2 Å².